The van der Waals surface area contributed by atoms with Gasteiger partial charge >= 0.3 is 5.24 Å². The molecule has 0 bridgehead atoms. The summed E-state index contributed by atoms with van der Waals surface area (Å²) in [5, 5.41) is 5.79. The lowest BCUT2D eigenvalue weighted by Crippen LogP contribution is -2.31. The van der Waals surface area contributed by atoms with Gasteiger partial charge in [0.05, 0.1) is 22.0 Å². The van der Waals surface area contributed by atoms with Gasteiger partial charge in [0.25, 0.3) is 0 Å². The highest BCUT2D eigenvalue weighted by molar-refractivity contribution is 8.14. The predicted octanol–water partition coefficient (Wildman–Crippen LogP) is 3.52. The van der Waals surface area contributed by atoms with Crippen molar-refractivity contribution in [3.05, 3.63) is 48.3 Å². The van der Waals surface area contributed by atoms with Crippen LogP contribution in [0.3, 0.4) is 0 Å². The highest BCUT2D eigenvalue weighted by Crippen LogP contribution is 2.27. The fourth-order valence-electron chi connectivity index (χ4n) is 2.67. The number of benzene rings is 1. The molecule has 0 spiro atoms. The quantitative estimate of drug-likeness (QED) is 0.776. The van der Waals surface area contributed by atoms with Gasteiger partial charge < -0.3 is 4.98 Å². The molecule has 1 atom stereocenters. The van der Waals surface area contributed by atoms with Crippen LogP contribution >= 0.6 is 11.8 Å². The monoisotopic (exact) mass is 337 g/mol. The molecule has 1 unspecified atom stereocenters. The van der Waals surface area contributed by atoms with Crippen LogP contribution in [0.2, 0.25) is 0 Å². The van der Waals surface area contributed by atoms with Gasteiger partial charge in [-0.2, -0.15) is 5.10 Å². The number of aromatic nitrogens is 3. The number of imidazole rings is 1. The first-order valence-corrected chi connectivity index (χ1v) is 8.43. The van der Waals surface area contributed by atoms with Gasteiger partial charge in [0.15, 0.2) is 0 Å². The second-order valence-electron chi connectivity index (χ2n) is 5.59. The molecule has 1 aliphatic heterocycles. The maximum atomic E-state index is 11.7. The van der Waals surface area contributed by atoms with Crippen LogP contribution in [0.1, 0.15) is 12.5 Å². The lowest BCUT2D eigenvalue weighted by Gasteiger charge is -2.24. The molecule has 4 rings (SSSR count). The fraction of sp³-hybridized carbons (Fsp3) is 0.176. The summed E-state index contributed by atoms with van der Waals surface area (Å²) < 4.78 is 0. The van der Waals surface area contributed by atoms with E-state index in [4.69, 9.17) is 0 Å². The van der Waals surface area contributed by atoms with Crippen LogP contribution in [-0.2, 0) is 0 Å². The van der Waals surface area contributed by atoms with Crippen LogP contribution in [-0.4, -0.2) is 43.2 Å². The van der Waals surface area contributed by atoms with Gasteiger partial charge in [-0.1, -0.05) is 17.8 Å². The van der Waals surface area contributed by atoms with E-state index in [9.17, 15) is 4.79 Å². The van der Waals surface area contributed by atoms with Crippen molar-refractivity contribution in [2.24, 2.45) is 5.10 Å². The number of pyridine rings is 1. The van der Waals surface area contributed by atoms with E-state index in [1.165, 1.54) is 16.8 Å². The molecular weight excluding hydrogens is 322 g/mol. The van der Waals surface area contributed by atoms with Crippen molar-refractivity contribution < 1.29 is 4.79 Å². The molecule has 0 aliphatic carbocycles. The molecule has 0 radical (unpaired) electrons. The number of thioether (sulfide) groups is 1. The number of hydrogen-bond acceptors (Lipinski definition) is 5. The molecule has 7 heteroatoms. The van der Waals surface area contributed by atoms with Crippen molar-refractivity contribution in [2.45, 2.75) is 12.2 Å². The molecule has 1 aromatic carbocycles. The molecule has 2 aromatic heterocycles. The van der Waals surface area contributed by atoms with E-state index in [2.05, 4.69) is 20.1 Å². The van der Waals surface area contributed by atoms with E-state index >= 15 is 0 Å². The van der Waals surface area contributed by atoms with Crippen molar-refractivity contribution in [1.29, 1.82) is 0 Å². The first-order valence-electron chi connectivity index (χ1n) is 7.55. The predicted molar refractivity (Wildman–Crippen MR) is 96.1 cm³/mol. The van der Waals surface area contributed by atoms with Crippen LogP contribution in [0.25, 0.3) is 22.4 Å². The molecule has 24 heavy (non-hydrogen) atoms. The number of aromatic amines is 1. The summed E-state index contributed by atoms with van der Waals surface area (Å²) in [6, 6.07) is 9.86. The third-order valence-corrected chi connectivity index (χ3v) is 4.96. The summed E-state index contributed by atoms with van der Waals surface area (Å²) in [7, 11) is 1.68. The van der Waals surface area contributed by atoms with Gasteiger partial charge in [-0.25, -0.2) is 9.99 Å². The number of rotatable bonds is 2. The third kappa shape index (κ3) is 2.56. The molecule has 3 aromatic rings. The maximum absolute atomic E-state index is 11.7. The number of fused-ring (bicyclic) bond motifs is 1. The fourth-order valence-corrected chi connectivity index (χ4v) is 3.46. The SMILES string of the molecule is CC1SC(=O)N(C)N=C1c1ccc2[nH]c(-c3ccncc3)nc2c1. The minimum Gasteiger partial charge on any atom is -0.338 e. The Kier molecular flexibility index (Phi) is 3.57. The average Bonchev–Trinajstić information content (AvgIpc) is 3.02. The minimum absolute atomic E-state index is 0.0183. The smallest absolute Gasteiger partial charge is 0.302 e. The molecule has 1 aliphatic rings. The number of H-pyrrole nitrogens is 1. The Hall–Kier alpha value is -2.67. The van der Waals surface area contributed by atoms with E-state index in [0.29, 0.717) is 0 Å². The number of carbonyl (C=O) groups is 1. The molecule has 0 saturated heterocycles. The Morgan fingerprint density at radius 3 is 2.75 bits per heavy atom. The Balaban J connectivity index is 1.76. The summed E-state index contributed by atoms with van der Waals surface area (Å²) in [5.74, 6) is 0.810. The van der Waals surface area contributed by atoms with Gasteiger partial charge in [0.1, 0.15) is 5.82 Å². The number of hydrogen-bond donors (Lipinski definition) is 1. The van der Waals surface area contributed by atoms with Crippen LogP contribution in [0.5, 0.6) is 0 Å². The van der Waals surface area contributed by atoms with E-state index in [1.807, 2.05) is 37.3 Å². The third-order valence-electron chi connectivity index (χ3n) is 3.92. The van der Waals surface area contributed by atoms with Crippen LogP contribution in [0, 0.1) is 0 Å². The summed E-state index contributed by atoms with van der Waals surface area (Å²) in [4.78, 5) is 23.7. The second-order valence-corrected chi connectivity index (χ2v) is 6.88. The molecule has 120 valence electrons. The Bertz CT molecular complexity index is 950. The average molecular weight is 337 g/mol. The van der Waals surface area contributed by atoms with E-state index < -0.39 is 0 Å². The number of nitrogens with zero attached hydrogens (tertiary/aromatic N) is 4. The number of hydrazone groups is 1. The van der Waals surface area contributed by atoms with Crippen molar-refractivity contribution >= 4 is 33.7 Å². The van der Waals surface area contributed by atoms with Crippen LogP contribution < -0.4 is 0 Å². The number of amides is 1. The Morgan fingerprint density at radius 1 is 1.17 bits per heavy atom. The summed E-state index contributed by atoms with van der Waals surface area (Å²) in [5.41, 5.74) is 4.70. The molecule has 1 N–H and O–H groups in total. The largest absolute Gasteiger partial charge is 0.338 e. The zero-order valence-electron chi connectivity index (χ0n) is 13.2. The zero-order chi connectivity index (χ0) is 16.7. The van der Waals surface area contributed by atoms with Crippen molar-refractivity contribution in [3.63, 3.8) is 0 Å². The number of carbonyl (C=O) groups excluding carboxylic acids is 1. The summed E-state index contributed by atoms with van der Waals surface area (Å²) in [6.07, 6.45) is 3.49. The molecule has 6 nitrogen and oxygen atoms in total. The topological polar surface area (TPSA) is 74.2 Å². The van der Waals surface area contributed by atoms with Gasteiger partial charge in [0, 0.05) is 30.6 Å². The van der Waals surface area contributed by atoms with Gasteiger partial charge in [-0.15, -0.1) is 0 Å². The van der Waals surface area contributed by atoms with Crippen LogP contribution in [0.15, 0.2) is 47.8 Å². The molecule has 3 heterocycles. The standard InChI is InChI=1S/C17H15N5OS/c1-10-15(21-22(2)17(23)24-10)12-3-4-13-14(9-12)20-16(19-13)11-5-7-18-8-6-11/h3-10H,1-2H3,(H,19,20). The summed E-state index contributed by atoms with van der Waals surface area (Å²) in [6.45, 7) is 1.99. The van der Waals surface area contributed by atoms with E-state index in [0.717, 1.165) is 33.7 Å². The first kappa shape index (κ1) is 14.9. The normalized spacial score (nSPS) is 18.1. The molecule has 1 amide bonds. The molecular formula is C17H15N5OS. The highest BCUT2D eigenvalue weighted by Gasteiger charge is 2.26. The Labute approximate surface area is 143 Å². The minimum atomic E-state index is -0.0351. The second kappa shape index (κ2) is 5.76. The van der Waals surface area contributed by atoms with Crippen LogP contribution in [0.4, 0.5) is 4.79 Å². The maximum Gasteiger partial charge on any atom is 0.302 e. The summed E-state index contributed by atoms with van der Waals surface area (Å²) >= 11 is 1.28. The Morgan fingerprint density at radius 2 is 1.96 bits per heavy atom. The van der Waals surface area contributed by atoms with Crippen molar-refractivity contribution in [1.82, 2.24) is 20.0 Å². The van der Waals surface area contributed by atoms with Gasteiger partial charge in [0.2, 0.25) is 0 Å². The van der Waals surface area contributed by atoms with E-state index in [-0.39, 0.29) is 10.5 Å². The van der Waals surface area contributed by atoms with Crippen molar-refractivity contribution in [3.8, 4) is 11.4 Å². The number of nitrogens with one attached hydrogen (secondary N) is 1. The zero-order valence-corrected chi connectivity index (χ0v) is 14.0. The van der Waals surface area contributed by atoms with Gasteiger partial charge in [-0.3, -0.25) is 9.78 Å². The highest BCUT2D eigenvalue weighted by atomic mass is 32.2. The molecule has 0 saturated carbocycles. The lowest BCUT2D eigenvalue weighted by molar-refractivity contribution is 0.234. The molecule has 0 fully saturated rings. The first-order chi connectivity index (χ1) is 11.6. The van der Waals surface area contributed by atoms with E-state index in [1.54, 1.807) is 19.4 Å². The lowest BCUT2D eigenvalue weighted by atomic mass is 10.1. The van der Waals surface area contributed by atoms with Crippen molar-refractivity contribution in [2.75, 3.05) is 7.05 Å². The van der Waals surface area contributed by atoms with Gasteiger partial charge in [-0.05, 0) is 31.2 Å².